The predicted octanol–water partition coefficient (Wildman–Crippen LogP) is 5.00. The minimum atomic E-state index is 0.965. The average Bonchev–Trinajstić information content (AvgIpc) is 2.84. The van der Waals surface area contributed by atoms with Gasteiger partial charge in [0.05, 0.1) is 0 Å². The van der Waals surface area contributed by atoms with Gasteiger partial charge in [0.1, 0.15) is 5.65 Å². The number of rotatable bonds is 1. The van der Waals surface area contributed by atoms with Crippen molar-refractivity contribution in [2.24, 2.45) is 0 Å². The minimum absolute atomic E-state index is 0.965. The highest BCUT2D eigenvalue weighted by Gasteiger charge is 2.12. The number of nitrogens with one attached hydrogen (secondary N) is 1. The van der Waals surface area contributed by atoms with Gasteiger partial charge in [-0.3, -0.25) is 0 Å². The van der Waals surface area contributed by atoms with Gasteiger partial charge in [-0.1, -0.05) is 48.0 Å². The van der Waals surface area contributed by atoms with Crippen LogP contribution in [0.2, 0.25) is 0 Å². The zero-order valence-electron chi connectivity index (χ0n) is 12.1. The number of aromatic nitrogens is 2. The molecule has 2 aromatic heterocycles. The van der Waals surface area contributed by atoms with E-state index in [2.05, 4.69) is 71.5 Å². The highest BCUT2D eigenvalue weighted by molar-refractivity contribution is 6.13. The summed E-state index contributed by atoms with van der Waals surface area (Å²) < 4.78 is 0. The number of hydrogen-bond acceptors (Lipinski definition) is 1. The summed E-state index contributed by atoms with van der Waals surface area (Å²) >= 11 is 0. The van der Waals surface area contributed by atoms with Crippen LogP contribution in [0.25, 0.3) is 33.1 Å². The highest BCUT2D eigenvalue weighted by Crippen LogP contribution is 2.34. The number of benzene rings is 2. The molecule has 0 atom stereocenters. The largest absolute Gasteiger partial charge is 0.339 e. The summed E-state index contributed by atoms with van der Waals surface area (Å²) in [4.78, 5) is 8.10. The van der Waals surface area contributed by atoms with Crippen molar-refractivity contribution in [3.63, 3.8) is 0 Å². The smallest absolute Gasteiger partial charge is 0.139 e. The van der Waals surface area contributed by atoms with Gasteiger partial charge in [-0.25, -0.2) is 4.98 Å². The molecule has 0 aliphatic rings. The Labute approximate surface area is 123 Å². The molecule has 0 aliphatic carbocycles. The van der Waals surface area contributed by atoms with Crippen molar-refractivity contribution in [1.29, 1.82) is 0 Å². The van der Waals surface area contributed by atoms with Crippen LogP contribution in [0.5, 0.6) is 0 Å². The Kier molecular flexibility index (Phi) is 2.58. The van der Waals surface area contributed by atoms with Crippen LogP contribution < -0.4 is 0 Å². The third kappa shape index (κ3) is 1.91. The second-order valence-corrected chi connectivity index (χ2v) is 5.57. The molecule has 0 saturated carbocycles. The SMILES string of the molecule is Cc1cccc(-c2cc(C)nc3[nH]c4ccccc4c23)c1. The maximum absolute atomic E-state index is 4.67. The number of fused-ring (bicyclic) bond motifs is 3. The first-order valence-electron chi connectivity index (χ1n) is 7.17. The number of pyridine rings is 1. The monoisotopic (exact) mass is 272 g/mol. The van der Waals surface area contributed by atoms with E-state index in [1.807, 2.05) is 6.92 Å². The molecule has 2 heteroatoms. The molecular formula is C19H16N2. The number of aryl methyl sites for hydroxylation is 2. The van der Waals surface area contributed by atoms with E-state index in [9.17, 15) is 0 Å². The number of hydrogen-bond donors (Lipinski definition) is 1. The first-order valence-corrected chi connectivity index (χ1v) is 7.17. The summed E-state index contributed by atoms with van der Waals surface area (Å²) in [6.45, 7) is 4.17. The Morgan fingerprint density at radius 2 is 1.76 bits per heavy atom. The van der Waals surface area contributed by atoms with Gasteiger partial charge in [0.2, 0.25) is 0 Å². The Balaban J connectivity index is 2.16. The van der Waals surface area contributed by atoms with Crippen molar-refractivity contribution in [2.75, 3.05) is 0 Å². The van der Waals surface area contributed by atoms with Gasteiger partial charge in [-0.2, -0.15) is 0 Å². The normalized spacial score (nSPS) is 11.3. The lowest BCUT2D eigenvalue weighted by molar-refractivity contribution is 1.23. The fraction of sp³-hybridized carbons (Fsp3) is 0.105. The van der Waals surface area contributed by atoms with Crippen LogP contribution in [-0.2, 0) is 0 Å². The summed E-state index contributed by atoms with van der Waals surface area (Å²) in [6.07, 6.45) is 0. The third-order valence-corrected chi connectivity index (χ3v) is 3.93. The van der Waals surface area contributed by atoms with Crippen LogP contribution in [0.1, 0.15) is 11.3 Å². The molecule has 0 aliphatic heterocycles. The van der Waals surface area contributed by atoms with E-state index in [1.54, 1.807) is 0 Å². The molecule has 0 amide bonds. The minimum Gasteiger partial charge on any atom is -0.339 e. The second-order valence-electron chi connectivity index (χ2n) is 5.57. The molecule has 0 fully saturated rings. The maximum Gasteiger partial charge on any atom is 0.139 e. The van der Waals surface area contributed by atoms with Gasteiger partial charge in [-0.05, 0) is 37.1 Å². The van der Waals surface area contributed by atoms with Gasteiger partial charge in [0.25, 0.3) is 0 Å². The molecular weight excluding hydrogens is 256 g/mol. The fourth-order valence-electron chi connectivity index (χ4n) is 3.01. The molecule has 0 bridgehead atoms. The van der Waals surface area contributed by atoms with Crippen LogP contribution in [0, 0.1) is 13.8 Å². The van der Waals surface area contributed by atoms with E-state index in [1.165, 1.54) is 27.5 Å². The fourth-order valence-corrected chi connectivity index (χ4v) is 3.01. The first-order chi connectivity index (χ1) is 10.2. The van der Waals surface area contributed by atoms with E-state index < -0.39 is 0 Å². The van der Waals surface area contributed by atoms with E-state index in [-0.39, 0.29) is 0 Å². The zero-order chi connectivity index (χ0) is 14.4. The lowest BCUT2D eigenvalue weighted by Crippen LogP contribution is -1.87. The molecule has 2 nitrogen and oxygen atoms in total. The van der Waals surface area contributed by atoms with Gasteiger partial charge in [-0.15, -0.1) is 0 Å². The Hall–Kier alpha value is -2.61. The standard InChI is InChI=1S/C19H16N2/c1-12-6-5-7-14(10-12)16-11-13(2)20-19-18(16)15-8-3-4-9-17(15)21-19/h3-11H,1-2H3,(H,20,21). The van der Waals surface area contributed by atoms with E-state index >= 15 is 0 Å². The van der Waals surface area contributed by atoms with Crippen LogP contribution in [-0.4, -0.2) is 9.97 Å². The molecule has 0 spiro atoms. The number of H-pyrrole nitrogens is 1. The summed E-state index contributed by atoms with van der Waals surface area (Å²) in [5.74, 6) is 0. The molecule has 2 heterocycles. The molecule has 4 rings (SSSR count). The number of nitrogens with zero attached hydrogens (tertiary/aromatic N) is 1. The van der Waals surface area contributed by atoms with Gasteiger partial charge in [0.15, 0.2) is 0 Å². The van der Waals surface area contributed by atoms with E-state index in [0.717, 1.165) is 16.9 Å². The Bertz CT molecular complexity index is 964. The molecule has 0 radical (unpaired) electrons. The maximum atomic E-state index is 4.67. The lowest BCUT2D eigenvalue weighted by Gasteiger charge is -2.07. The second kappa shape index (κ2) is 4.45. The van der Waals surface area contributed by atoms with Crippen molar-refractivity contribution in [2.45, 2.75) is 13.8 Å². The van der Waals surface area contributed by atoms with Gasteiger partial charge in [0, 0.05) is 22.0 Å². The van der Waals surface area contributed by atoms with Gasteiger partial charge >= 0.3 is 0 Å². The Morgan fingerprint density at radius 3 is 2.62 bits per heavy atom. The number of para-hydroxylation sites is 1. The van der Waals surface area contributed by atoms with Crippen LogP contribution in [0.4, 0.5) is 0 Å². The molecule has 102 valence electrons. The zero-order valence-corrected chi connectivity index (χ0v) is 12.1. The molecule has 0 unspecified atom stereocenters. The molecule has 4 aromatic rings. The van der Waals surface area contributed by atoms with Gasteiger partial charge < -0.3 is 4.98 Å². The average molecular weight is 272 g/mol. The van der Waals surface area contributed by atoms with Crippen LogP contribution in [0.15, 0.2) is 54.6 Å². The molecule has 21 heavy (non-hydrogen) atoms. The van der Waals surface area contributed by atoms with Crippen molar-refractivity contribution in [1.82, 2.24) is 9.97 Å². The van der Waals surface area contributed by atoms with Crippen molar-refractivity contribution in [3.05, 3.63) is 65.9 Å². The van der Waals surface area contributed by atoms with Crippen molar-refractivity contribution < 1.29 is 0 Å². The predicted molar refractivity (Wildman–Crippen MR) is 88.5 cm³/mol. The van der Waals surface area contributed by atoms with Crippen LogP contribution >= 0.6 is 0 Å². The molecule has 1 N–H and O–H groups in total. The molecule has 2 aromatic carbocycles. The number of aromatic amines is 1. The summed E-state index contributed by atoms with van der Waals surface area (Å²) in [7, 11) is 0. The summed E-state index contributed by atoms with van der Waals surface area (Å²) in [6, 6.07) is 19.2. The van der Waals surface area contributed by atoms with Crippen molar-refractivity contribution >= 4 is 21.9 Å². The van der Waals surface area contributed by atoms with E-state index in [4.69, 9.17) is 0 Å². The molecule has 0 saturated heterocycles. The lowest BCUT2D eigenvalue weighted by atomic mass is 9.99. The summed E-state index contributed by atoms with van der Waals surface area (Å²) in [5.41, 5.74) is 6.90. The van der Waals surface area contributed by atoms with Crippen molar-refractivity contribution in [3.8, 4) is 11.1 Å². The quantitative estimate of drug-likeness (QED) is 0.519. The topological polar surface area (TPSA) is 28.7 Å². The first kappa shape index (κ1) is 12.2. The van der Waals surface area contributed by atoms with E-state index in [0.29, 0.717) is 0 Å². The third-order valence-electron chi connectivity index (χ3n) is 3.93. The van der Waals surface area contributed by atoms with Crippen LogP contribution in [0.3, 0.4) is 0 Å². The highest BCUT2D eigenvalue weighted by atomic mass is 14.9. The Morgan fingerprint density at radius 1 is 0.905 bits per heavy atom. The summed E-state index contributed by atoms with van der Waals surface area (Å²) in [5, 5.41) is 2.44.